The van der Waals surface area contributed by atoms with E-state index in [0.717, 1.165) is 5.56 Å². The second-order valence-electron chi connectivity index (χ2n) is 14.3. The molecule has 5 atom stereocenters. The van der Waals surface area contributed by atoms with Crippen LogP contribution >= 0.6 is 0 Å². The highest BCUT2D eigenvalue weighted by molar-refractivity contribution is 6.74. The SMILES string of the molecule is CC(C)[C@H]1COC(=O)N1C(=O)[C@@H](Cc1ccccc1)[C@H](O[Si](C)(C)C(C)(C)C)C1CC(F)CN1C(=O)OC(C)(C)C. The fraction of sp³-hybridized carbons (Fsp3) is 0.710. The lowest BCUT2D eigenvalue weighted by Crippen LogP contribution is -2.58. The Kier molecular flexibility index (Phi) is 10.0. The van der Waals surface area contributed by atoms with E-state index in [1.807, 2.05) is 44.2 Å². The second-order valence-corrected chi connectivity index (χ2v) is 19.0. The molecule has 0 bridgehead atoms. The summed E-state index contributed by atoms with van der Waals surface area (Å²) in [4.78, 5) is 43.5. The maximum absolute atomic E-state index is 15.2. The number of carbonyl (C=O) groups is 3. The summed E-state index contributed by atoms with van der Waals surface area (Å²) in [5.74, 6) is -1.33. The Morgan fingerprint density at radius 1 is 1.07 bits per heavy atom. The zero-order valence-electron chi connectivity index (χ0n) is 26.4. The van der Waals surface area contributed by atoms with Gasteiger partial charge in [0.05, 0.1) is 30.7 Å². The number of cyclic esters (lactones) is 1. The Morgan fingerprint density at radius 3 is 2.22 bits per heavy atom. The third-order valence-corrected chi connectivity index (χ3v) is 12.9. The smallest absolute Gasteiger partial charge is 0.416 e. The highest BCUT2D eigenvalue weighted by Crippen LogP contribution is 2.42. The minimum atomic E-state index is -2.58. The van der Waals surface area contributed by atoms with E-state index in [-0.39, 0.29) is 36.9 Å². The number of hydrogen-bond acceptors (Lipinski definition) is 6. The van der Waals surface area contributed by atoms with Crippen molar-refractivity contribution in [2.24, 2.45) is 11.8 Å². The summed E-state index contributed by atoms with van der Waals surface area (Å²) in [6, 6.07) is 8.33. The maximum atomic E-state index is 15.2. The molecule has 2 fully saturated rings. The van der Waals surface area contributed by atoms with E-state index in [0.29, 0.717) is 0 Å². The van der Waals surface area contributed by atoms with Crippen molar-refractivity contribution in [3.63, 3.8) is 0 Å². The van der Waals surface area contributed by atoms with Crippen LogP contribution in [0.1, 0.15) is 67.4 Å². The third kappa shape index (κ3) is 7.88. The second kappa shape index (κ2) is 12.4. The Hall–Kier alpha value is -2.46. The minimum Gasteiger partial charge on any atom is -0.447 e. The third-order valence-electron chi connectivity index (χ3n) is 8.46. The number of nitrogens with zero attached hydrogens (tertiary/aromatic N) is 2. The summed E-state index contributed by atoms with van der Waals surface area (Å²) in [6.45, 7) is 19.6. The summed E-state index contributed by atoms with van der Waals surface area (Å²) in [6.07, 6.45) is -3.24. The van der Waals surface area contributed by atoms with Crippen LogP contribution in [0.4, 0.5) is 14.0 Å². The van der Waals surface area contributed by atoms with Crippen LogP contribution in [-0.2, 0) is 25.1 Å². The van der Waals surface area contributed by atoms with Gasteiger partial charge in [-0.05, 0) is 56.8 Å². The molecule has 2 unspecified atom stereocenters. The average Bonchev–Trinajstić information content (AvgIpc) is 3.42. The van der Waals surface area contributed by atoms with E-state index in [1.165, 1.54) is 9.80 Å². The summed E-state index contributed by atoms with van der Waals surface area (Å²) in [7, 11) is -2.58. The summed E-state index contributed by atoms with van der Waals surface area (Å²) in [5, 5.41) is -0.233. The summed E-state index contributed by atoms with van der Waals surface area (Å²) in [5.41, 5.74) is 0.0939. The molecule has 8 nitrogen and oxygen atoms in total. The van der Waals surface area contributed by atoms with Crippen molar-refractivity contribution in [3.8, 4) is 0 Å². The Balaban J connectivity index is 2.16. The standard InChI is InChI=1S/C31H49FN2O6Si/c1-20(2)25-19-38-29(37)34(25)27(35)23(16-21-14-12-11-13-15-21)26(40-41(9,10)31(6,7)8)24-17-22(32)18-33(24)28(36)39-30(3,4)5/h11-15,20,22-26H,16-19H2,1-10H3/t22?,23-,24?,25+,26-/m0/s1. The Labute approximate surface area is 246 Å². The van der Waals surface area contributed by atoms with Gasteiger partial charge in [0, 0.05) is 6.42 Å². The van der Waals surface area contributed by atoms with Gasteiger partial charge in [-0.1, -0.05) is 65.0 Å². The first-order valence-corrected chi connectivity index (χ1v) is 17.6. The van der Waals surface area contributed by atoms with Gasteiger partial charge in [0.2, 0.25) is 5.91 Å². The highest BCUT2D eigenvalue weighted by atomic mass is 28.4. The van der Waals surface area contributed by atoms with Crippen molar-refractivity contribution in [1.29, 1.82) is 0 Å². The highest BCUT2D eigenvalue weighted by Gasteiger charge is 2.53. The van der Waals surface area contributed by atoms with Crippen molar-refractivity contribution < 1.29 is 32.7 Å². The lowest BCUT2D eigenvalue weighted by atomic mass is 9.87. The molecule has 3 rings (SSSR count). The van der Waals surface area contributed by atoms with Crippen LogP contribution in [0, 0.1) is 11.8 Å². The van der Waals surface area contributed by atoms with Crippen LogP contribution < -0.4 is 0 Å². The molecule has 1 aromatic carbocycles. The van der Waals surface area contributed by atoms with Gasteiger partial charge in [0.1, 0.15) is 18.4 Å². The molecular formula is C31H49FN2O6Si. The molecule has 0 N–H and O–H groups in total. The number of likely N-dealkylation sites (tertiary alicyclic amines) is 1. The molecule has 41 heavy (non-hydrogen) atoms. The lowest BCUT2D eigenvalue weighted by molar-refractivity contribution is -0.139. The van der Waals surface area contributed by atoms with Crippen molar-refractivity contribution in [2.75, 3.05) is 13.2 Å². The number of benzene rings is 1. The van der Waals surface area contributed by atoms with Crippen LogP contribution in [-0.4, -0.2) is 79.3 Å². The quantitative estimate of drug-likeness (QED) is 0.317. The van der Waals surface area contributed by atoms with Crippen molar-refractivity contribution in [3.05, 3.63) is 35.9 Å². The van der Waals surface area contributed by atoms with E-state index < -0.39 is 62.3 Å². The van der Waals surface area contributed by atoms with Gasteiger partial charge >= 0.3 is 12.2 Å². The number of imide groups is 1. The van der Waals surface area contributed by atoms with Crippen molar-refractivity contribution in [1.82, 2.24) is 9.80 Å². The molecule has 0 radical (unpaired) electrons. The molecule has 0 aromatic heterocycles. The largest absolute Gasteiger partial charge is 0.447 e. The topological polar surface area (TPSA) is 85.4 Å². The molecule has 2 heterocycles. The van der Waals surface area contributed by atoms with Crippen LogP contribution in [0.3, 0.4) is 0 Å². The Bertz CT molecular complexity index is 1080. The van der Waals surface area contributed by atoms with Crippen LogP contribution in [0.2, 0.25) is 18.1 Å². The first-order valence-electron chi connectivity index (χ1n) is 14.7. The maximum Gasteiger partial charge on any atom is 0.416 e. The molecule has 230 valence electrons. The first-order chi connectivity index (χ1) is 18.8. The number of ether oxygens (including phenoxy) is 2. The van der Waals surface area contributed by atoms with Gasteiger partial charge in [-0.2, -0.15) is 0 Å². The molecule has 1 aromatic rings. The van der Waals surface area contributed by atoms with Crippen LogP contribution in [0.25, 0.3) is 0 Å². The van der Waals surface area contributed by atoms with Crippen molar-refractivity contribution in [2.45, 2.75) is 116 Å². The van der Waals surface area contributed by atoms with E-state index in [1.54, 1.807) is 20.8 Å². The van der Waals surface area contributed by atoms with Crippen molar-refractivity contribution >= 4 is 26.4 Å². The molecule has 3 amide bonds. The molecule has 0 aliphatic carbocycles. The zero-order valence-corrected chi connectivity index (χ0v) is 27.4. The lowest BCUT2D eigenvalue weighted by Gasteiger charge is -2.45. The van der Waals surface area contributed by atoms with Crippen LogP contribution in [0.15, 0.2) is 30.3 Å². The molecule has 0 saturated carbocycles. The Morgan fingerprint density at radius 2 is 1.68 bits per heavy atom. The van der Waals surface area contributed by atoms with Gasteiger partial charge in [0.15, 0.2) is 8.32 Å². The minimum absolute atomic E-state index is 0.00908. The monoisotopic (exact) mass is 592 g/mol. The van der Waals surface area contributed by atoms with Crippen LogP contribution in [0.5, 0.6) is 0 Å². The van der Waals surface area contributed by atoms with Gasteiger partial charge < -0.3 is 13.9 Å². The summed E-state index contributed by atoms with van der Waals surface area (Å²) >= 11 is 0. The van der Waals surface area contributed by atoms with Gasteiger partial charge in [-0.25, -0.2) is 18.9 Å². The van der Waals surface area contributed by atoms with E-state index in [9.17, 15) is 14.4 Å². The van der Waals surface area contributed by atoms with E-state index in [2.05, 4.69) is 33.9 Å². The molecule has 0 spiro atoms. The molecule has 10 heteroatoms. The van der Waals surface area contributed by atoms with E-state index in [4.69, 9.17) is 13.9 Å². The molecule has 2 aliphatic rings. The predicted octanol–water partition coefficient (Wildman–Crippen LogP) is 6.59. The number of carbonyl (C=O) groups excluding carboxylic acids is 3. The normalized spacial score (nSPS) is 23.5. The molecule has 2 saturated heterocycles. The fourth-order valence-electron chi connectivity index (χ4n) is 5.17. The number of hydrogen-bond donors (Lipinski definition) is 0. The van der Waals surface area contributed by atoms with E-state index >= 15 is 4.39 Å². The number of amides is 3. The number of halogens is 1. The van der Waals surface area contributed by atoms with Gasteiger partial charge in [-0.15, -0.1) is 0 Å². The zero-order chi connectivity index (χ0) is 30.9. The predicted molar refractivity (Wildman–Crippen MR) is 159 cm³/mol. The molecule has 2 aliphatic heterocycles. The number of alkyl halides is 1. The van der Waals surface area contributed by atoms with Gasteiger partial charge in [0.25, 0.3) is 0 Å². The fourth-order valence-corrected chi connectivity index (χ4v) is 6.53. The summed E-state index contributed by atoms with van der Waals surface area (Å²) < 4.78 is 33.2. The average molecular weight is 593 g/mol. The molecular weight excluding hydrogens is 543 g/mol. The number of rotatable bonds is 8. The first kappa shape index (κ1) is 33.0. The van der Waals surface area contributed by atoms with Gasteiger partial charge in [-0.3, -0.25) is 9.69 Å².